The lowest BCUT2D eigenvalue weighted by molar-refractivity contribution is 0.247. The largest absolute Gasteiger partial charge is 0.493 e. The van der Waals surface area contributed by atoms with Crippen LogP contribution in [0.25, 0.3) is 0 Å². The second kappa shape index (κ2) is 42.7. The molecule has 83 heavy (non-hydrogen) atoms. The molecule has 4 rings (SSSR count). The maximum atomic E-state index is 13.4. The number of hydrogen-bond donors (Lipinski definition) is 4. The third-order valence-corrected chi connectivity index (χ3v) is 17.8. The van der Waals surface area contributed by atoms with Gasteiger partial charge < -0.3 is 39.9 Å². The van der Waals surface area contributed by atoms with Gasteiger partial charge in [0, 0.05) is 94.2 Å². The lowest BCUT2D eigenvalue weighted by Gasteiger charge is -2.32. The normalized spacial score (nSPS) is 12.2. The molecule has 4 N–H and O–H groups in total. The van der Waals surface area contributed by atoms with Gasteiger partial charge in [-0.15, -0.1) is 0 Å². The van der Waals surface area contributed by atoms with E-state index in [4.69, 9.17) is 33.9 Å². The van der Waals surface area contributed by atoms with Crippen LogP contribution in [0.2, 0.25) is 0 Å². The average Bonchev–Trinajstić information content (AvgIpc) is 3.67. The third-order valence-electron chi connectivity index (χ3n) is 14.5. The number of unbranched alkanes of at least 4 members (excludes halogenated alkanes) is 15. The third kappa shape index (κ3) is 29.7. The number of thiocarbonyl (C=S) groups is 2. The number of likely N-dealkylation sites (N-methyl/N-ethyl adjacent to an activating group) is 2. The van der Waals surface area contributed by atoms with Crippen LogP contribution >= 0.6 is 48.3 Å². The summed E-state index contributed by atoms with van der Waals surface area (Å²) >= 11 is 13.6. The molecule has 468 valence electrons. The number of hydrogen-bond acceptors (Lipinski definition) is 13. The van der Waals surface area contributed by atoms with Crippen LogP contribution in [0.5, 0.6) is 5.75 Å². The number of carbonyl (C=O) groups is 2. The highest BCUT2D eigenvalue weighted by atomic mass is 32.2. The Morgan fingerprint density at radius 1 is 0.614 bits per heavy atom. The van der Waals surface area contributed by atoms with Crippen LogP contribution in [0.4, 0.5) is 32.3 Å². The van der Waals surface area contributed by atoms with Crippen molar-refractivity contribution in [1.82, 2.24) is 20.3 Å². The lowest BCUT2D eigenvalue weighted by Crippen LogP contribution is -2.41. The van der Waals surface area contributed by atoms with Crippen molar-refractivity contribution in [2.24, 2.45) is 0 Å². The predicted molar refractivity (Wildman–Crippen MR) is 363 cm³/mol. The monoisotopic (exact) mass is 1240 g/mol. The van der Waals surface area contributed by atoms with Crippen molar-refractivity contribution >= 4 is 102 Å². The first kappa shape index (κ1) is 73.2. The SMILES string of the molecule is CCCCCCCCCCCCCCCCCCNC(=O)N(SC(=S)OCC)c1ccc(N(CC)CCNS(C)(=O)=O)cc1C.CCN(CCO)c1ccc(N(SC(=S)N2CCCCC2)C(=O)NCCCOc2ccc(C)cc2C)c(C)c1. The first-order chi connectivity index (χ1) is 40.0. The summed E-state index contributed by atoms with van der Waals surface area (Å²) in [4.78, 5) is 33.2. The van der Waals surface area contributed by atoms with Gasteiger partial charge in [-0.3, -0.25) is 0 Å². The van der Waals surface area contributed by atoms with Gasteiger partial charge in [0.1, 0.15) is 5.75 Å². The van der Waals surface area contributed by atoms with E-state index < -0.39 is 10.0 Å². The number of carbonyl (C=O) groups excluding carboxylic acids is 2. The minimum Gasteiger partial charge on any atom is -0.493 e. The molecule has 0 unspecified atom stereocenters. The van der Waals surface area contributed by atoms with E-state index >= 15 is 0 Å². The van der Waals surface area contributed by atoms with Crippen molar-refractivity contribution < 1.29 is 32.6 Å². The molecule has 4 amide bonds. The number of anilines is 4. The molecule has 1 heterocycles. The van der Waals surface area contributed by atoms with Crippen LogP contribution in [0, 0.1) is 27.7 Å². The van der Waals surface area contributed by atoms with E-state index in [9.17, 15) is 23.1 Å². The van der Waals surface area contributed by atoms with Crippen molar-refractivity contribution in [3.8, 4) is 5.75 Å². The van der Waals surface area contributed by atoms with Crippen molar-refractivity contribution in [2.45, 2.75) is 184 Å². The first-order valence-electron chi connectivity index (χ1n) is 30.9. The van der Waals surface area contributed by atoms with E-state index in [1.54, 1.807) is 8.61 Å². The number of aryl methyl sites for hydroxylation is 4. The molecule has 0 aromatic heterocycles. The zero-order valence-electron chi connectivity index (χ0n) is 52.0. The Morgan fingerprint density at radius 2 is 1.11 bits per heavy atom. The summed E-state index contributed by atoms with van der Waals surface area (Å²) < 4.78 is 41.1. The quantitative estimate of drug-likeness (QED) is 0.0250. The molecule has 1 saturated heterocycles. The number of likely N-dealkylation sites (tertiary alicyclic amines) is 1. The van der Waals surface area contributed by atoms with Crippen LogP contribution in [-0.4, -0.2) is 124 Å². The molecular weight excluding hydrogens is 1140 g/mol. The molecule has 1 fully saturated rings. The summed E-state index contributed by atoms with van der Waals surface area (Å²) in [5, 5.41) is 15.5. The zero-order valence-corrected chi connectivity index (χ0v) is 56.1. The van der Waals surface area contributed by atoms with E-state index in [2.05, 4.69) is 63.0 Å². The van der Waals surface area contributed by atoms with Crippen LogP contribution < -0.4 is 38.5 Å². The molecule has 1 aliphatic heterocycles. The van der Waals surface area contributed by atoms with Gasteiger partial charge in [-0.05, 0) is 152 Å². The predicted octanol–water partition coefficient (Wildman–Crippen LogP) is 15.0. The van der Waals surface area contributed by atoms with Gasteiger partial charge in [0.05, 0.1) is 37.5 Å². The van der Waals surface area contributed by atoms with Crippen LogP contribution in [0.1, 0.15) is 178 Å². The molecule has 0 aliphatic carbocycles. The van der Waals surface area contributed by atoms with Gasteiger partial charge in [-0.25, -0.2) is 31.3 Å². The second-order valence-electron chi connectivity index (χ2n) is 21.5. The smallest absolute Gasteiger partial charge is 0.332 e. The number of nitrogens with one attached hydrogen (secondary N) is 3. The van der Waals surface area contributed by atoms with Crippen LogP contribution in [0.3, 0.4) is 0 Å². The highest BCUT2D eigenvalue weighted by Gasteiger charge is 2.25. The molecule has 0 saturated carbocycles. The van der Waals surface area contributed by atoms with Crippen LogP contribution in [-0.2, 0) is 14.8 Å². The van der Waals surface area contributed by atoms with E-state index in [0.717, 1.165) is 120 Å². The number of amides is 4. The van der Waals surface area contributed by atoms with E-state index in [1.165, 1.54) is 114 Å². The average molecular weight is 1250 g/mol. The first-order valence-corrected chi connectivity index (χ1v) is 35.2. The Bertz CT molecular complexity index is 2470. The molecule has 0 bridgehead atoms. The second-order valence-corrected chi connectivity index (χ2v) is 26.5. The number of urea groups is 2. The number of rotatable bonds is 35. The van der Waals surface area contributed by atoms with E-state index in [-0.39, 0.29) is 18.7 Å². The van der Waals surface area contributed by atoms with E-state index in [0.29, 0.717) is 56.7 Å². The Kier molecular flexibility index (Phi) is 37.7. The number of sulfonamides is 1. The molecule has 20 heteroatoms. The van der Waals surface area contributed by atoms with Gasteiger partial charge in [0.15, 0.2) is 4.32 Å². The van der Waals surface area contributed by atoms with Gasteiger partial charge in [0.25, 0.3) is 0 Å². The summed E-state index contributed by atoms with van der Waals surface area (Å²) in [5.41, 5.74) is 7.73. The number of piperidine rings is 1. The molecule has 0 spiro atoms. The van der Waals surface area contributed by atoms with Crippen molar-refractivity contribution in [3.63, 3.8) is 0 Å². The van der Waals surface area contributed by atoms with Gasteiger partial charge in [-0.2, -0.15) is 0 Å². The highest BCUT2D eigenvalue weighted by molar-refractivity contribution is 8.24. The molecule has 3 aromatic carbocycles. The fraction of sp³-hybridized carbons (Fsp3) is 0.651. The van der Waals surface area contributed by atoms with Crippen LogP contribution in [0.15, 0.2) is 54.6 Å². The molecule has 15 nitrogen and oxygen atoms in total. The lowest BCUT2D eigenvalue weighted by atomic mass is 10.0. The summed E-state index contributed by atoms with van der Waals surface area (Å²) in [6.45, 7) is 23.3. The number of aliphatic hydroxyl groups is 1. The zero-order chi connectivity index (χ0) is 60.8. The molecule has 0 atom stereocenters. The molecule has 1 aliphatic rings. The Hall–Kier alpha value is -4.05. The van der Waals surface area contributed by atoms with Crippen molar-refractivity contribution in [1.29, 1.82) is 0 Å². The van der Waals surface area contributed by atoms with Gasteiger partial charge in [0.2, 0.25) is 14.4 Å². The Labute approximate surface area is 521 Å². The molecule has 3 aromatic rings. The summed E-state index contributed by atoms with van der Waals surface area (Å²) in [7, 11) is -3.24. The minimum absolute atomic E-state index is 0.0936. The fourth-order valence-electron chi connectivity index (χ4n) is 9.81. The fourth-order valence-corrected chi connectivity index (χ4v) is 12.7. The maximum Gasteiger partial charge on any atom is 0.332 e. The number of benzene rings is 3. The van der Waals surface area contributed by atoms with Gasteiger partial charge in [-0.1, -0.05) is 133 Å². The number of nitrogens with zero attached hydrogens (tertiary/aromatic N) is 5. The minimum atomic E-state index is -3.24. The highest BCUT2D eigenvalue weighted by Crippen LogP contribution is 2.34. The topological polar surface area (TPSA) is 159 Å². The number of aliphatic hydroxyl groups excluding tert-OH is 1. The summed E-state index contributed by atoms with van der Waals surface area (Å²) in [5.74, 6) is 0.879. The van der Waals surface area contributed by atoms with E-state index in [1.807, 2.05) is 77.1 Å². The van der Waals surface area contributed by atoms with Crippen molar-refractivity contribution in [3.05, 3.63) is 76.9 Å². The maximum absolute atomic E-state index is 13.4. The van der Waals surface area contributed by atoms with Gasteiger partial charge >= 0.3 is 12.1 Å². The summed E-state index contributed by atoms with van der Waals surface area (Å²) in [6.07, 6.45) is 26.4. The Morgan fingerprint density at radius 3 is 1.58 bits per heavy atom. The standard InChI is InChI=1S/C34H62N4O4S3.C29H42N4O3S2/c1-6-9-10-11-12-13-14-15-16-17-18-19-20-21-22-23-26-35-33(39)38(44-34(43)42-8-3)32-25-24-31(29-30(32)4)37(7-2)28-27-36-45(5,40)41;1-5-31(17-18-34)25-11-12-26(23(3)21-25)33(38-29(37)32-15-7-6-8-16-32)28(35)30-14-9-19-36-27-13-10-22(2)20-24(27)4/h24-25,29,36H,6-23,26-28H2,1-5H3,(H,35,39);10-13,20-21,34H,5-9,14-19H2,1-4H3,(H,30,35). The van der Waals surface area contributed by atoms with Crippen molar-refractivity contribution in [2.75, 3.05) is 103 Å². The number of ether oxygens (including phenoxy) is 2. The Balaban J connectivity index is 0.000000441. The molecule has 0 radical (unpaired) electrons. The summed E-state index contributed by atoms with van der Waals surface area (Å²) in [6, 6.07) is 17.6. The molecular formula is C63H104N8O7S5.